The van der Waals surface area contributed by atoms with E-state index in [1.165, 1.54) is 18.3 Å². The van der Waals surface area contributed by atoms with Crippen molar-refractivity contribution in [3.05, 3.63) is 56.1 Å². The highest BCUT2D eigenvalue weighted by atomic mass is 79.9. The molecule has 0 atom stereocenters. The Kier molecular flexibility index (Phi) is 4.45. The molecule has 0 spiro atoms. The Bertz CT molecular complexity index is 796. The summed E-state index contributed by atoms with van der Waals surface area (Å²) < 4.78 is 27.3. The molecule has 1 N–H and O–H groups in total. The van der Waals surface area contributed by atoms with E-state index in [1.807, 2.05) is 0 Å². The molecule has 0 unspecified atom stereocenters. The monoisotopic (exact) mass is 391 g/mol. The first kappa shape index (κ1) is 15.7. The van der Waals surface area contributed by atoms with Crippen molar-refractivity contribution in [3.63, 3.8) is 0 Å². The van der Waals surface area contributed by atoms with Gasteiger partial charge in [-0.25, -0.2) is 13.4 Å². The predicted molar refractivity (Wildman–Crippen MR) is 80.9 cm³/mol. The molecule has 0 saturated carbocycles. The normalized spacial score (nSPS) is 11.1. The molecule has 0 saturated heterocycles. The van der Waals surface area contributed by atoms with Gasteiger partial charge in [0.2, 0.25) is 0 Å². The van der Waals surface area contributed by atoms with E-state index in [1.54, 1.807) is 6.07 Å². The van der Waals surface area contributed by atoms with Gasteiger partial charge in [0.1, 0.15) is 5.82 Å². The third-order valence-electron chi connectivity index (χ3n) is 2.37. The molecule has 0 fully saturated rings. The Balaban J connectivity index is 2.44. The Labute approximate surface area is 133 Å². The molecule has 0 amide bonds. The van der Waals surface area contributed by atoms with Crippen molar-refractivity contribution in [2.45, 2.75) is 4.90 Å². The fraction of sp³-hybridized carbons (Fsp3) is 0. The maximum atomic E-state index is 12.2. The highest BCUT2D eigenvalue weighted by molar-refractivity contribution is 9.10. The predicted octanol–water partition coefficient (Wildman–Crippen LogP) is 3.21. The molecule has 2 rings (SSSR count). The number of benzene rings is 1. The lowest BCUT2D eigenvalue weighted by Gasteiger charge is -2.08. The first-order valence-corrected chi connectivity index (χ1v) is 8.03. The molecule has 1 aromatic carbocycles. The summed E-state index contributed by atoms with van der Waals surface area (Å²) in [6.45, 7) is 0. The average Bonchev–Trinajstić information content (AvgIpc) is 2.40. The number of rotatable bonds is 4. The number of nitrogens with one attached hydrogen (secondary N) is 1. The second-order valence-electron chi connectivity index (χ2n) is 3.84. The smallest absolute Gasteiger partial charge is 0.263 e. The summed E-state index contributed by atoms with van der Waals surface area (Å²) in [5.41, 5.74) is -0.605. The summed E-state index contributed by atoms with van der Waals surface area (Å²) in [5.74, 6) is 0.0439. The van der Waals surface area contributed by atoms with Crippen LogP contribution in [-0.2, 0) is 10.0 Å². The van der Waals surface area contributed by atoms with E-state index in [0.29, 0.717) is 4.47 Å². The van der Waals surface area contributed by atoms with Crippen molar-refractivity contribution in [2.75, 3.05) is 4.72 Å². The van der Waals surface area contributed by atoms with Crippen LogP contribution < -0.4 is 4.72 Å². The van der Waals surface area contributed by atoms with E-state index in [4.69, 9.17) is 11.6 Å². The summed E-state index contributed by atoms with van der Waals surface area (Å²) in [5, 5.41) is 11.0. The molecule has 0 aliphatic carbocycles. The zero-order chi connectivity index (χ0) is 15.6. The zero-order valence-corrected chi connectivity index (χ0v) is 13.3. The maximum Gasteiger partial charge on any atom is 0.291 e. The van der Waals surface area contributed by atoms with Gasteiger partial charge in [0.05, 0.1) is 4.92 Å². The quantitative estimate of drug-likeness (QED) is 0.636. The minimum absolute atomic E-state index is 0.0439. The Morgan fingerprint density at radius 3 is 2.57 bits per heavy atom. The van der Waals surface area contributed by atoms with Gasteiger partial charge in [-0.3, -0.25) is 14.8 Å². The molecular formula is C11H7BrClN3O4S. The largest absolute Gasteiger partial charge is 0.291 e. The lowest BCUT2D eigenvalue weighted by Crippen LogP contribution is -2.15. The van der Waals surface area contributed by atoms with E-state index < -0.39 is 25.5 Å². The molecule has 0 aliphatic heterocycles. The summed E-state index contributed by atoms with van der Waals surface area (Å²) >= 11 is 8.82. The summed E-state index contributed by atoms with van der Waals surface area (Å²) in [4.78, 5) is 13.5. The van der Waals surface area contributed by atoms with E-state index in [-0.39, 0.29) is 10.8 Å². The number of pyridine rings is 1. The van der Waals surface area contributed by atoms with Crippen LogP contribution in [0, 0.1) is 10.1 Å². The fourth-order valence-electron chi connectivity index (χ4n) is 1.49. The van der Waals surface area contributed by atoms with Crippen LogP contribution >= 0.6 is 27.5 Å². The Morgan fingerprint density at radius 1 is 1.29 bits per heavy atom. The van der Waals surface area contributed by atoms with E-state index in [0.717, 1.165) is 12.1 Å². The van der Waals surface area contributed by atoms with Crippen LogP contribution in [0.4, 0.5) is 11.5 Å². The van der Waals surface area contributed by atoms with Gasteiger partial charge in [0, 0.05) is 21.8 Å². The van der Waals surface area contributed by atoms with Gasteiger partial charge in [-0.2, -0.15) is 0 Å². The molecular weight excluding hydrogens is 386 g/mol. The van der Waals surface area contributed by atoms with Crippen LogP contribution in [0.1, 0.15) is 0 Å². The van der Waals surface area contributed by atoms with Gasteiger partial charge < -0.3 is 0 Å². The van der Waals surface area contributed by atoms with Crippen LogP contribution in [0.3, 0.4) is 0 Å². The number of aromatic nitrogens is 1. The third kappa shape index (κ3) is 3.69. The van der Waals surface area contributed by atoms with E-state index in [2.05, 4.69) is 25.6 Å². The van der Waals surface area contributed by atoms with Gasteiger partial charge in [-0.1, -0.05) is 11.6 Å². The Morgan fingerprint density at radius 2 is 2.00 bits per heavy atom. The van der Waals surface area contributed by atoms with Crippen molar-refractivity contribution in [1.82, 2.24) is 4.98 Å². The minimum atomic E-state index is -4.15. The van der Waals surface area contributed by atoms with Crippen LogP contribution in [0.5, 0.6) is 0 Å². The molecule has 1 heterocycles. The molecule has 110 valence electrons. The van der Waals surface area contributed by atoms with Gasteiger partial charge in [-0.15, -0.1) is 0 Å². The molecule has 10 heteroatoms. The molecule has 0 radical (unpaired) electrons. The number of halogens is 2. The molecule has 21 heavy (non-hydrogen) atoms. The zero-order valence-electron chi connectivity index (χ0n) is 10.2. The highest BCUT2D eigenvalue weighted by Gasteiger charge is 2.26. The van der Waals surface area contributed by atoms with Gasteiger partial charge in [0.25, 0.3) is 15.7 Å². The average molecular weight is 393 g/mol. The SMILES string of the molecule is O=[N+]([O-])c1cc(Cl)ccc1S(=O)(=O)Nc1ccc(Br)cn1. The lowest BCUT2D eigenvalue weighted by atomic mass is 10.3. The summed E-state index contributed by atoms with van der Waals surface area (Å²) in [6, 6.07) is 6.31. The molecule has 0 bridgehead atoms. The van der Waals surface area contributed by atoms with Crippen molar-refractivity contribution in [1.29, 1.82) is 0 Å². The first-order chi connectivity index (χ1) is 9.79. The van der Waals surface area contributed by atoms with Crippen LogP contribution in [0.15, 0.2) is 45.9 Å². The van der Waals surface area contributed by atoms with Crippen LogP contribution in [0.2, 0.25) is 5.02 Å². The molecule has 0 aliphatic rings. The van der Waals surface area contributed by atoms with Crippen molar-refractivity contribution < 1.29 is 13.3 Å². The van der Waals surface area contributed by atoms with Crippen molar-refractivity contribution in [2.24, 2.45) is 0 Å². The number of hydrogen-bond acceptors (Lipinski definition) is 5. The third-order valence-corrected chi connectivity index (χ3v) is 4.48. The van der Waals surface area contributed by atoms with E-state index in [9.17, 15) is 18.5 Å². The second kappa shape index (κ2) is 5.96. The highest BCUT2D eigenvalue weighted by Crippen LogP contribution is 2.28. The first-order valence-electron chi connectivity index (χ1n) is 5.38. The van der Waals surface area contributed by atoms with Gasteiger partial charge in [0.15, 0.2) is 4.90 Å². The minimum Gasteiger partial charge on any atom is -0.263 e. The lowest BCUT2D eigenvalue weighted by molar-refractivity contribution is -0.387. The number of anilines is 1. The number of nitrogens with zero attached hydrogens (tertiary/aromatic N) is 2. The summed E-state index contributed by atoms with van der Waals surface area (Å²) in [6.07, 6.45) is 1.40. The van der Waals surface area contributed by atoms with Crippen LogP contribution in [-0.4, -0.2) is 18.3 Å². The Hall–Kier alpha value is -1.71. The number of sulfonamides is 1. The van der Waals surface area contributed by atoms with Crippen molar-refractivity contribution in [3.8, 4) is 0 Å². The van der Waals surface area contributed by atoms with Gasteiger partial charge >= 0.3 is 0 Å². The fourth-order valence-corrected chi connectivity index (χ4v) is 3.05. The van der Waals surface area contributed by atoms with E-state index >= 15 is 0 Å². The molecule has 1 aromatic heterocycles. The van der Waals surface area contributed by atoms with Crippen molar-refractivity contribution >= 4 is 49.1 Å². The number of hydrogen-bond donors (Lipinski definition) is 1. The number of nitro benzene ring substituents is 1. The standard InChI is InChI=1S/C11H7BrClN3O4S/c12-7-1-4-11(14-6-7)15-21(19,20)10-3-2-8(13)5-9(10)16(17)18/h1-6H,(H,14,15). The maximum absolute atomic E-state index is 12.2. The van der Waals surface area contributed by atoms with Crippen LogP contribution in [0.25, 0.3) is 0 Å². The number of nitro groups is 1. The van der Waals surface area contributed by atoms with Gasteiger partial charge in [-0.05, 0) is 40.2 Å². The topological polar surface area (TPSA) is 102 Å². The summed E-state index contributed by atoms with van der Waals surface area (Å²) in [7, 11) is -4.15. The molecule has 7 nitrogen and oxygen atoms in total. The molecule has 2 aromatic rings. The second-order valence-corrected chi connectivity index (χ2v) is 6.84.